The molecule has 5 nitrogen and oxygen atoms in total. The minimum Gasteiger partial charge on any atom is -0.507 e. The van der Waals surface area contributed by atoms with Gasteiger partial charge in [0.25, 0.3) is 11.8 Å². The van der Waals surface area contributed by atoms with Gasteiger partial charge >= 0.3 is 0 Å². The second-order valence-electron chi connectivity index (χ2n) is 4.60. The van der Waals surface area contributed by atoms with Crippen LogP contribution < -0.4 is 0 Å². The van der Waals surface area contributed by atoms with Gasteiger partial charge in [-0.05, 0) is 25.0 Å². The fraction of sp³-hybridized carbons (Fsp3) is 0.429. The zero-order valence-corrected chi connectivity index (χ0v) is 10.6. The van der Waals surface area contributed by atoms with Crippen LogP contribution in [0.25, 0.3) is 0 Å². The van der Waals surface area contributed by atoms with Gasteiger partial charge in [-0.15, -0.1) is 0 Å². The van der Waals surface area contributed by atoms with Gasteiger partial charge < -0.3 is 10.2 Å². The molecule has 0 fully saturated rings. The van der Waals surface area contributed by atoms with Gasteiger partial charge in [0.2, 0.25) is 0 Å². The molecule has 102 valence electrons. The third-order valence-corrected chi connectivity index (χ3v) is 3.27. The quantitative estimate of drug-likeness (QED) is 0.603. The van der Waals surface area contributed by atoms with Crippen molar-refractivity contribution in [1.82, 2.24) is 4.90 Å². The predicted molar refractivity (Wildman–Crippen MR) is 69.0 cm³/mol. The second-order valence-corrected chi connectivity index (χ2v) is 4.60. The summed E-state index contributed by atoms with van der Waals surface area (Å²) in [5.74, 6) is -0.892. The maximum atomic E-state index is 12.1. The molecule has 0 atom stereocenters. The molecule has 0 saturated carbocycles. The Labute approximate surface area is 111 Å². The van der Waals surface area contributed by atoms with E-state index in [-0.39, 0.29) is 29.4 Å². The van der Waals surface area contributed by atoms with Crippen molar-refractivity contribution in [2.45, 2.75) is 25.7 Å². The number of nitrogens with zero attached hydrogens (tertiary/aromatic N) is 1. The van der Waals surface area contributed by atoms with E-state index in [4.69, 9.17) is 5.11 Å². The molecule has 0 spiro atoms. The van der Waals surface area contributed by atoms with Crippen LogP contribution in [0.5, 0.6) is 5.75 Å². The molecule has 1 aromatic carbocycles. The first-order chi connectivity index (χ1) is 9.16. The lowest BCUT2D eigenvalue weighted by molar-refractivity contribution is 0.0650. The van der Waals surface area contributed by atoms with Gasteiger partial charge in [0.1, 0.15) is 5.75 Å². The van der Waals surface area contributed by atoms with E-state index in [1.165, 1.54) is 11.0 Å². The van der Waals surface area contributed by atoms with E-state index >= 15 is 0 Å². The highest BCUT2D eigenvalue weighted by atomic mass is 16.3. The van der Waals surface area contributed by atoms with E-state index in [2.05, 4.69) is 0 Å². The molecule has 1 heterocycles. The zero-order chi connectivity index (χ0) is 13.8. The highest BCUT2D eigenvalue weighted by molar-refractivity contribution is 6.22. The molecule has 0 radical (unpaired) electrons. The molecule has 2 N–H and O–H groups in total. The van der Waals surface area contributed by atoms with E-state index in [1.807, 2.05) is 0 Å². The Bertz CT molecular complexity index is 498. The molecule has 0 bridgehead atoms. The number of phenolic OH excluding ortho intramolecular Hbond substituents is 1. The van der Waals surface area contributed by atoms with Gasteiger partial charge in [0.05, 0.1) is 11.1 Å². The second kappa shape index (κ2) is 5.84. The Morgan fingerprint density at radius 2 is 1.74 bits per heavy atom. The third-order valence-electron chi connectivity index (χ3n) is 3.27. The summed E-state index contributed by atoms with van der Waals surface area (Å²) in [5.41, 5.74) is 0.392. The van der Waals surface area contributed by atoms with E-state index in [0.29, 0.717) is 13.0 Å². The number of fused-ring (bicyclic) bond motifs is 1. The molecule has 19 heavy (non-hydrogen) atoms. The lowest BCUT2D eigenvalue weighted by Gasteiger charge is -2.13. The molecule has 0 unspecified atom stereocenters. The monoisotopic (exact) mass is 263 g/mol. The van der Waals surface area contributed by atoms with Crippen LogP contribution in [0.3, 0.4) is 0 Å². The summed E-state index contributed by atoms with van der Waals surface area (Å²) in [6.45, 7) is 0.526. The summed E-state index contributed by atoms with van der Waals surface area (Å²) in [6.07, 6.45) is 3.19. The number of amides is 2. The number of aliphatic hydroxyl groups is 1. The fourth-order valence-electron chi connectivity index (χ4n) is 2.25. The molecule has 1 aromatic rings. The molecular formula is C14H17NO4. The molecule has 2 amide bonds. The van der Waals surface area contributed by atoms with Crippen molar-refractivity contribution >= 4 is 11.8 Å². The Balaban J connectivity index is 2.00. The van der Waals surface area contributed by atoms with Crippen LogP contribution in [0, 0.1) is 0 Å². The van der Waals surface area contributed by atoms with Crippen molar-refractivity contribution < 1.29 is 19.8 Å². The summed E-state index contributed by atoms with van der Waals surface area (Å²) in [6, 6.07) is 4.53. The summed E-state index contributed by atoms with van der Waals surface area (Å²) >= 11 is 0. The van der Waals surface area contributed by atoms with Crippen molar-refractivity contribution in [1.29, 1.82) is 0 Å². The van der Waals surface area contributed by atoms with Gasteiger partial charge in [-0.3, -0.25) is 14.5 Å². The zero-order valence-electron chi connectivity index (χ0n) is 10.6. The Morgan fingerprint density at radius 3 is 2.42 bits per heavy atom. The summed E-state index contributed by atoms with van der Waals surface area (Å²) < 4.78 is 0. The number of unbranched alkanes of at least 4 members (excludes halogenated alkanes) is 3. The van der Waals surface area contributed by atoms with Crippen molar-refractivity contribution in [3.05, 3.63) is 29.3 Å². The van der Waals surface area contributed by atoms with Crippen molar-refractivity contribution in [2.24, 2.45) is 0 Å². The highest BCUT2D eigenvalue weighted by Gasteiger charge is 2.36. The largest absolute Gasteiger partial charge is 0.507 e. The standard InChI is InChI=1S/C14H17NO4/c16-9-4-2-1-3-8-15-13(18)10-6-5-7-11(17)12(10)14(15)19/h5-7,16-17H,1-4,8-9H2. The number of hydrogen-bond donors (Lipinski definition) is 2. The minimum absolute atomic E-state index is 0.114. The minimum atomic E-state index is -0.416. The number of carbonyl (C=O) groups is 2. The smallest absolute Gasteiger partial charge is 0.265 e. The molecule has 2 rings (SSSR count). The van der Waals surface area contributed by atoms with Crippen LogP contribution in [0.4, 0.5) is 0 Å². The first kappa shape index (κ1) is 13.5. The Morgan fingerprint density at radius 1 is 1.00 bits per heavy atom. The molecule has 1 aliphatic rings. The number of aliphatic hydroxyl groups excluding tert-OH is 1. The first-order valence-corrected chi connectivity index (χ1v) is 6.46. The van der Waals surface area contributed by atoms with Crippen molar-refractivity contribution in [2.75, 3.05) is 13.2 Å². The van der Waals surface area contributed by atoms with Crippen molar-refractivity contribution in [3.8, 4) is 5.75 Å². The lowest BCUT2D eigenvalue weighted by atomic mass is 10.1. The van der Waals surface area contributed by atoms with Gasteiger partial charge in [-0.25, -0.2) is 0 Å². The number of phenols is 1. The number of rotatable bonds is 6. The maximum absolute atomic E-state index is 12.1. The maximum Gasteiger partial charge on any atom is 0.265 e. The average molecular weight is 263 g/mol. The first-order valence-electron chi connectivity index (χ1n) is 6.46. The summed E-state index contributed by atoms with van der Waals surface area (Å²) in [5, 5.41) is 18.3. The Hall–Kier alpha value is -1.88. The van der Waals surface area contributed by atoms with E-state index < -0.39 is 5.91 Å². The van der Waals surface area contributed by atoms with Crippen LogP contribution in [-0.2, 0) is 0 Å². The van der Waals surface area contributed by atoms with Crippen LogP contribution in [0.1, 0.15) is 46.4 Å². The fourth-order valence-corrected chi connectivity index (χ4v) is 2.25. The highest BCUT2D eigenvalue weighted by Crippen LogP contribution is 2.30. The molecule has 0 aromatic heterocycles. The molecule has 0 saturated heterocycles. The van der Waals surface area contributed by atoms with E-state index in [9.17, 15) is 14.7 Å². The van der Waals surface area contributed by atoms with Gasteiger partial charge in [-0.1, -0.05) is 18.9 Å². The van der Waals surface area contributed by atoms with Crippen LogP contribution >= 0.6 is 0 Å². The number of benzene rings is 1. The van der Waals surface area contributed by atoms with Gasteiger partial charge in [-0.2, -0.15) is 0 Å². The molecule has 0 aliphatic carbocycles. The van der Waals surface area contributed by atoms with E-state index in [1.54, 1.807) is 12.1 Å². The number of hydrogen-bond acceptors (Lipinski definition) is 4. The van der Waals surface area contributed by atoms with Crippen LogP contribution in [0.15, 0.2) is 18.2 Å². The number of aromatic hydroxyl groups is 1. The average Bonchev–Trinajstić information content (AvgIpc) is 2.64. The normalized spacial score (nSPS) is 14.1. The van der Waals surface area contributed by atoms with Gasteiger partial charge in [0, 0.05) is 13.2 Å². The van der Waals surface area contributed by atoms with E-state index in [0.717, 1.165) is 19.3 Å². The van der Waals surface area contributed by atoms with Crippen LogP contribution in [0.2, 0.25) is 0 Å². The molecule has 5 heteroatoms. The summed E-state index contributed by atoms with van der Waals surface area (Å²) in [4.78, 5) is 25.3. The topological polar surface area (TPSA) is 77.8 Å². The Kier molecular flexibility index (Phi) is 4.16. The predicted octanol–water partition coefficient (Wildman–Crippen LogP) is 1.54. The molecule has 1 aliphatic heterocycles. The summed E-state index contributed by atoms with van der Waals surface area (Å²) in [7, 11) is 0. The number of carbonyl (C=O) groups excluding carboxylic acids is 2. The SMILES string of the molecule is O=C1c2cccc(O)c2C(=O)N1CCCCCCO. The third kappa shape index (κ3) is 2.61. The molecular weight excluding hydrogens is 246 g/mol. The lowest BCUT2D eigenvalue weighted by Crippen LogP contribution is -2.30. The van der Waals surface area contributed by atoms with Crippen molar-refractivity contribution in [3.63, 3.8) is 0 Å². The number of imide groups is 1. The van der Waals surface area contributed by atoms with Crippen LogP contribution in [-0.4, -0.2) is 40.1 Å². The van der Waals surface area contributed by atoms with Gasteiger partial charge in [0.15, 0.2) is 0 Å².